The summed E-state index contributed by atoms with van der Waals surface area (Å²) in [7, 11) is -3.33. The van der Waals surface area contributed by atoms with Crippen molar-refractivity contribution in [2.75, 3.05) is 24.7 Å². The molecule has 1 aliphatic rings. The molecule has 1 aromatic heterocycles. The van der Waals surface area contributed by atoms with Crippen LogP contribution in [-0.2, 0) is 14.8 Å². The fourth-order valence-electron chi connectivity index (χ4n) is 2.78. The SMILES string of the molecule is CS(=O)(=O)N1CCC[C@H](C(=O)Nc2nc(-c3ccc(F)c(F)c3)cs2)C1. The Hall–Kier alpha value is -1.91. The Balaban J connectivity index is 1.68. The van der Waals surface area contributed by atoms with E-state index in [0.29, 0.717) is 35.8 Å². The van der Waals surface area contributed by atoms with Crippen LogP contribution in [-0.4, -0.2) is 43.0 Å². The number of amides is 1. The third kappa shape index (κ3) is 4.25. The highest BCUT2D eigenvalue weighted by Gasteiger charge is 2.30. The average molecular weight is 401 g/mol. The summed E-state index contributed by atoms with van der Waals surface area (Å²) in [4.78, 5) is 16.6. The summed E-state index contributed by atoms with van der Waals surface area (Å²) < 4.78 is 51.0. The maximum Gasteiger partial charge on any atom is 0.230 e. The van der Waals surface area contributed by atoms with Crippen LogP contribution in [0.4, 0.5) is 13.9 Å². The lowest BCUT2D eigenvalue weighted by atomic mass is 9.99. The number of carbonyl (C=O) groups is 1. The quantitative estimate of drug-likeness (QED) is 0.854. The van der Waals surface area contributed by atoms with E-state index >= 15 is 0 Å². The van der Waals surface area contributed by atoms with Gasteiger partial charge < -0.3 is 5.32 Å². The minimum atomic E-state index is -3.33. The number of rotatable bonds is 4. The van der Waals surface area contributed by atoms with Crippen LogP contribution in [0.3, 0.4) is 0 Å². The number of halogens is 2. The number of nitrogens with zero attached hydrogens (tertiary/aromatic N) is 2. The molecular formula is C16H17F2N3O3S2. The van der Waals surface area contributed by atoms with Crippen molar-refractivity contribution in [3.05, 3.63) is 35.2 Å². The van der Waals surface area contributed by atoms with Crippen LogP contribution in [0.25, 0.3) is 11.3 Å². The van der Waals surface area contributed by atoms with E-state index in [2.05, 4.69) is 10.3 Å². The molecule has 6 nitrogen and oxygen atoms in total. The van der Waals surface area contributed by atoms with Crippen LogP contribution < -0.4 is 5.32 Å². The molecule has 2 heterocycles. The van der Waals surface area contributed by atoms with Crippen molar-refractivity contribution in [1.82, 2.24) is 9.29 Å². The number of hydrogen-bond acceptors (Lipinski definition) is 5. The zero-order chi connectivity index (χ0) is 18.9. The zero-order valence-corrected chi connectivity index (χ0v) is 15.5. The van der Waals surface area contributed by atoms with Gasteiger partial charge in [0, 0.05) is 24.0 Å². The maximum absolute atomic E-state index is 13.3. The van der Waals surface area contributed by atoms with Crippen molar-refractivity contribution in [2.24, 2.45) is 5.92 Å². The zero-order valence-electron chi connectivity index (χ0n) is 13.9. The van der Waals surface area contributed by atoms with Crippen LogP contribution in [0.2, 0.25) is 0 Å². The summed E-state index contributed by atoms with van der Waals surface area (Å²) in [5, 5.41) is 4.64. The Labute approximate surface area is 153 Å². The predicted octanol–water partition coefficient (Wildman–Crippen LogP) is 2.70. The van der Waals surface area contributed by atoms with Gasteiger partial charge in [0.25, 0.3) is 0 Å². The Kier molecular flexibility index (Phi) is 5.35. The first-order valence-electron chi connectivity index (χ1n) is 7.91. The van der Waals surface area contributed by atoms with E-state index in [0.717, 1.165) is 29.7 Å². The highest BCUT2D eigenvalue weighted by atomic mass is 32.2. The third-order valence-corrected chi connectivity index (χ3v) is 6.20. The molecule has 2 aromatic rings. The first-order chi connectivity index (χ1) is 12.2. The number of aromatic nitrogens is 1. The molecule has 3 rings (SSSR count). The summed E-state index contributed by atoms with van der Waals surface area (Å²) in [6.07, 6.45) is 2.34. The van der Waals surface area contributed by atoms with Gasteiger partial charge in [-0.05, 0) is 31.0 Å². The van der Waals surface area contributed by atoms with E-state index in [1.807, 2.05) is 0 Å². The number of nitrogens with one attached hydrogen (secondary N) is 1. The van der Waals surface area contributed by atoms with E-state index in [9.17, 15) is 22.0 Å². The van der Waals surface area contributed by atoms with Gasteiger partial charge in [0.1, 0.15) is 0 Å². The summed E-state index contributed by atoms with van der Waals surface area (Å²) >= 11 is 1.16. The molecule has 0 bridgehead atoms. The van der Waals surface area contributed by atoms with Gasteiger partial charge in [0.05, 0.1) is 17.9 Å². The van der Waals surface area contributed by atoms with Crippen molar-refractivity contribution in [1.29, 1.82) is 0 Å². The van der Waals surface area contributed by atoms with Crippen LogP contribution in [0.15, 0.2) is 23.6 Å². The topological polar surface area (TPSA) is 79.4 Å². The van der Waals surface area contributed by atoms with Gasteiger partial charge in [-0.3, -0.25) is 4.79 Å². The van der Waals surface area contributed by atoms with Gasteiger partial charge in [0.15, 0.2) is 16.8 Å². The molecule has 26 heavy (non-hydrogen) atoms. The Bertz CT molecular complexity index is 931. The van der Waals surface area contributed by atoms with Gasteiger partial charge in [-0.2, -0.15) is 0 Å². The lowest BCUT2D eigenvalue weighted by Gasteiger charge is -2.29. The van der Waals surface area contributed by atoms with Crippen molar-refractivity contribution < 1.29 is 22.0 Å². The number of thiazole rings is 1. The second-order valence-electron chi connectivity index (χ2n) is 6.12. The molecule has 0 unspecified atom stereocenters. The van der Waals surface area contributed by atoms with Crippen LogP contribution >= 0.6 is 11.3 Å². The van der Waals surface area contributed by atoms with Gasteiger partial charge in [-0.15, -0.1) is 11.3 Å². The number of anilines is 1. The monoisotopic (exact) mass is 401 g/mol. The van der Waals surface area contributed by atoms with E-state index < -0.39 is 27.6 Å². The molecule has 1 aromatic carbocycles. The molecule has 1 fully saturated rings. The highest BCUT2D eigenvalue weighted by Crippen LogP contribution is 2.27. The molecule has 1 N–H and O–H groups in total. The molecule has 1 atom stereocenters. The molecule has 140 valence electrons. The van der Waals surface area contributed by atoms with E-state index in [4.69, 9.17) is 0 Å². The minimum absolute atomic E-state index is 0.145. The fourth-order valence-corrected chi connectivity index (χ4v) is 4.42. The Morgan fingerprint density at radius 3 is 2.81 bits per heavy atom. The van der Waals surface area contributed by atoms with Crippen LogP contribution in [0.5, 0.6) is 0 Å². The van der Waals surface area contributed by atoms with Gasteiger partial charge in [0.2, 0.25) is 15.9 Å². The average Bonchev–Trinajstić information content (AvgIpc) is 3.05. The summed E-state index contributed by atoms with van der Waals surface area (Å²) in [5.41, 5.74) is 0.826. The second-order valence-corrected chi connectivity index (χ2v) is 8.96. The largest absolute Gasteiger partial charge is 0.302 e. The molecule has 0 aliphatic carbocycles. The standard InChI is InChI=1S/C16H17F2N3O3S2/c1-26(23,24)21-6-2-3-11(8-21)15(22)20-16-19-14(9-25-16)10-4-5-12(17)13(18)7-10/h4-5,7,9,11H,2-3,6,8H2,1H3,(H,19,20,22)/t11-/m0/s1. The first kappa shape index (κ1) is 18.9. The minimum Gasteiger partial charge on any atom is -0.302 e. The number of hydrogen-bond donors (Lipinski definition) is 1. The number of sulfonamides is 1. The lowest BCUT2D eigenvalue weighted by Crippen LogP contribution is -2.43. The molecule has 10 heteroatoms. The Morgan fingerprint density at radius 1 is 1.35 bits per heavy atom. The number of carbonyl (C=O) groups excluding carboxylic acids is 1. The van der Waals surface area contributed by atoms with Gasteiger partial charge in [-0.25, -0.2) is 26.5 Å². The molecule has 1 amide bonds. The predicted molar refractivity (Wildman–Crippen MR) is 95.2 cm³/mol. The molecule has 0 spiro atoms. The van der Waals surface area contributed by atoms with Crippen molar-refractivity contribution in [3.63, 3.8) is 0 Å². The summed E-state index contributed by atoms with van der Waals surface area (Å²) in [6, 6.07) is 3.47. The van der Waals surface area contributed by atoms with E-state index in [1.165, 1.54) is 10.4 Å². The number of benzene rings is 1. The molecule has 0 radical (unpaired) electrons. The summed E-state index contributed by atoms with van der Waals surface area (Å²) in [6.45, 7) is 0.562. The maximum atomic E-state index is 13.3. The normalized spacial score (nSPS) is 18.7. The highest BCUT2D eigenvalue weighted by molar-refractivity contribution is 7.88. The molecular weight excluding hydrogens is 384 g/mol. The fraction of sp³-hybridized carbons (Fsp3) is 0.375. The summed E-state index contributed by atoms with van der Waals surface area (Å²) in [5.74, 6) is -2.66. The Morgan fingerprint density at radius 2 is 2.12 bits per heavy atom. The first-order valence-corrected chi connectivity index (χ1v) is 10.6. The molecule has 0 saturated carbocycles. The smallest absolute Gasteiger partial charge is 0.230 e. The van der Waals surface area contributed by atoms with Crippen LogP contribution in [0.1, 0.15) is 12.8 Å². The lowest BCUT2D eigenvalue weighted by molar-refractivity contribution is -0.120. The van der Waals surface area contributed by atoms with Gasteiger partial charge in [-0.1, -0.05) is 0 Å². The van der Waals surface area contributed by atoms with Crippen LogP contribution in [0, 0.1) is 17.6 Å². The van der Waals surface area contributed by atoms with E-state index in [-0.39, 0.29) is 12.5 Å². The van der Waals surface area contributed by atoms with Crippen molar-refractivity contribution in [3.8, 4) is 11.3 Å². The number of piperidine rings is 1. The van der Waals surface area contributed by atoms with Crippen molar-refractivity contribution in [2.45, 2.75) is 12.8 Å². The second kappa shape index (κ2) is 7.37. The van der Waals surface area contributed by atoms with Gasteiger partial charge >= 0.3 is 0 Å². The van der Waals surface area contributed by atoms with Crippen molar-refractivity contribution >= 4 is 32.4 Å². The van der Waals surface area contributed by atoms with E-state index in [1.54, 1.807) is 5.38 Å². The third-order valence-electron chi connectivity index (χ3n) is 4.17. The molecule has 1 saturated heterocycles. The molecule has 1 aliphatic heterocycles.